The number of rotatable bonds is 8. The van der Waals surface area contributed by atoms with Crippen molar-refractivity contribution in [1.29, 1.82) is 0 Å². The van der Waals surface area contributed by atoms with Crippen molar-refractivity contribution in [2.75, 3.05) is 14.2 Å². The lowest BCUT2D eigenvalue weighted by molar-refractivity contribution is -0.136. The highest BCUT2D eigenvalue weighted by Crippen LogP contribution is 2.47. The minimum Gasteiger partial charge on any atom is -0.493 e. The maximum atomic E-state index is 15.5. The van der Waals surface area contributed by atoms with E-state index in [9.17, 15) is 9.90 Å². The maximum absolute atomic E-state index is 15.5. The number of fused-ring (bicyclic) bond motifs is 3. The van der Waals surface area contributed by atoms with Crippen LogP contribution in [-0.4, -0.2) is 44.9 Å². The first-order valence-electron chi connectivity index (χ1n) is 11.5. The van der Waals surface area contributed by atoms with Gasteiger partial charge in [0.1, 0.15) is 18.0 Å². The Kier molecular flexibility index (Phi) is 6.86. The van der Waals surface area contributed by atoms with Gasteiger partial charge in [0.05, 0.1) is 43.9 Å². The topological polar surface area (TPSA) is 101 Å². The molecular weight excluding hydrogens is 503 g/mol. The Balaban J connectivity index is 1.61. The normalized spacial score (nSPS) is 16.5. The van der Waals surface area contributed by atoms with Crippen molar-refractivity contribution in [3.63, 3.8) is 0 Å². The Hall–Kier alpha value is -3.89. The number of aromatic nitrogens is 4. The predicted molar refractivity (Wildman–Crippen MR) is 132 cm³/mol. The van der Waals surface area contributed by atoms with Gasteiger partial charge < -0.3 is 23.9 Å². The van der Waals surface area contributed by atoms with Crippen LogP contribution < -0.4 is 9.47 Å². The lowest BCUT2D eigenvalue weighted by atomic mass is 9.98. The fourth-order valence-corrected chi connectivity index (χ4v) is 4.99. The van der Waals surface area contributed by atoms with Crippen LogP contribution in [0.2, 0.25) is 5.02 Å². The van der Waals surface area contributed by atoms with E-state index in [0.29, 0.717) is 47.0 Å². The maximum Gasteiger partial charge on any atom is 0.309 e. The molecule has 0 fully saturated rings. The van der Waals surface area contributed by atoms with E-state index in [1.165, 1.54) is 19.4 Å². The minimum atomic E-state index is -0.976. The SMILES string of the molecule is COc1cccc([C@H]2O[C@H](CCn3nncc3CC(=O)O)c3cccn3-c3c(F)cc(Cl)cc32)c1OC. The van der Waals surface area contributed by atoms with Gasteiger partial charge in [-0.2, -0.15) is 0 Å². The molecule has 0 saturated carbocycles. The summed E-state index contributed by atoms with van der Waals surface area (Å²) in [6.07, 6.45) is 2.13. The fourth-order valence-electron chi connectivity index (χ4n) is 4.78. The van der Waals surface area contributed by atoms with Gasteiger partial charge >= 0.3 is 5.97 Å². The number of carboxylic acids is 1. The second-order valence-corrected chi connectivity index (χ2v) is 8.96. The summed E-state index contributed by atoms with van der Waals surface area (Å²) in [5, 5.41) is 17.3. The number of ether oxygens (including phenoxy) is 3. The number of aryl methyl sites for hydroxylation is 1. The highest BCUT2D eigenvalue weighted by Gasteiger charge is 2.34. The molecular formula is C26H24ClFN4O5. The largest absolute Gasteiger partial charge is 0.493 e. The smallest absolute Gasteiger partial charge is 0.309 e. The van der Waals surface area contributed by atoms with Crippen molar-refractivity contribution < 1.29 is 28.5 Å². The number of para-hydroxylation sites is 1. The molecule has 0 amide bonds. The Morgan fingerprint density at radius 2 is 2.03 bits per heavy atom. The van der Waals surface area contributed by atoms with Crippen LogP contribution in [0.15, 0.2) is 54.9 Å². The molecule has 9 nitrogen and oxygen atoms in total. The van der Waals surface area contributed by atoms with E-state index in [1.807, 2.05) is 24.3 Å². The second-order valence-electron chi connectivity index (χ2n) is 8.52. The molecule has 4 aromatic rings. The zero-order chi connectivity index (χ0) is 26.1. The molecule has 1 aliphatic rings. The van der Waals surface area contributed by atoms with Crippen LogP contribution in [0.5, 0.6) is 11.5 Å². The number of hydrogen-bond acceptors (Lipinski definition) is 6. The summed E-state index contributed by atoms with van der Waals surface area (Å²) in [6.45, 7) is 0.333. The molecule has 192 valence electrons. The highest BCUT2D eigenvalue weighted by atomic mass is 35.5. The van der Waals surface area contributed by atoms with Crippen molar-refractivity contribution in [3.05, 3.63) is 88.2 Å². The Bertz CT molecular complexity index is 1450. The molecule has 5 rings (SSSR count). The molecule has 0 bridgehead atoms. The molecule has 0 aliphatic carbocycles. The highest BCUT2D eigenvalue weighted by molar-refractivity contribution is 6.30. The number of carbonyl (C=O) groups is 1. The molecule has 0 spiro atoms. The summed E-state index contributed by atoms with van der Waals surface area (Å²) in [6, 6.07) is 12.1. The lowest BCUT2D eigenvalue weighted by Gasteiger charge is -2.25. The van der Waals surface area contributed by atoms with Gasteiger partial charge in [0.15, 0.2) is 11.5 Å². The summed E-state index contributed by atoms with van der Waals surface area (Å²) in [4.78, 5) is 11.2. The van der Waals surface area contributed by atoms with Crippen molar-refractivity contribution in [1.82, 2.24) is 19.6 Å². The van der Waals surface area contributed by atoms with Crippen LogP contribution in [0.25, 0.3) is 5.69 Å². The van der Waals surface area contributed by atoms with E-state index in [4.69, 9.17) is 25.8 Å². The van der Waals surface area contributed by atoms with Gasteiger partial charge in [-0.05, 0) is 36.8 Å². The van der Waals surface area contributed by atoms with Crippen LogP contribution in [-0.2, 0) is 22.5 Å². The van der Waals surface area contributed by atoms with Gasteiger partial charge in [-0.1, -0.05) is 28.9 Å². The second kappa shape index (κ2) is 10.2. The molecule has 0 radical (unpaired) electrons. The molecule has 2 aromatic heterocycles. The number of aliphatic carboxylic acids is 1. The zero-order valence-electron chi connectivity index (χ0n) is 20.1. The molecule has 11 heteroatoms. The average Bonchev–Trinajstić information content (AvgIpc) is 3.50. The lowest BCUT2D eigenvalue weighted by Crippen LogP contribution is -2.16. The van der Waals surface area contributed by atoms with Gasteiger partial charge in [-0.25, -0.2) is 9.07 Å². The molecule has 1 N–H and O–H groups in total. The molecule has 37 heavy (non-hydrogen) atoms. The van der Waals surface area contributed by atoms with Crippen molar-refractivity contribution in [2.45, 2.75) is 31.6 Å². The van der Waals surface area contributed by atoms with E-state index in [-0.39, 0.29) is 11.4 Å². The number of halogens is 2. The first-order chi connectivity index (χ1) is 17.9. The van der Waals surface area contributed by atoms with Crippen molar-refractivity contribution in [3.8, 4) is 17.2 Å². The van der Waals surface area contributed by atoms with Crippen molar-refractivity contribution >= 4 is 17.6 Å². The summed E-state index contributed by atoms with van der Waals surface area (Å²) in [7, 11) is 3.08. The Morgan fingerprint density at radius 1 is 1.19 bits per heavy atom. The van der Waals surface area contributed by atoms with Crippen molar-refractivity contribution in [2.24, 2.45) is 0 Å². The predicted octanol–water partition coefficient (Wildman–Crippen LogP) is 4.76. The van der Waals surface area contributed by atoms with E-state index < -0.39 is 24.0 Å². The van der Waals surface area contributed by atoms with Gasteiger partial charge in [-0.15, -0.1) is 5.10 Å². The van der Waals surface area contributed by atoms with Gasteiger partial charge in [0.25, 0.3) is 0 Å². The summed E-state index contributed by atoms with van der Waals surface area (Å²) in [5.74, 6) is -0.493. The third kappa shape index (κ3) is 4.65. The molecule has 2 atom stereocenters. The van der Waals surface area contributed by atoms with Crippen LogP contribution in [0.4, 0.5) is 4.39 Å². The third-order valence-corrected chi connectivity index (χ3v) is 6.56. The molecule has 1 aliphatic heterocycles. The van der Waals surface area contributed by atoms with E-state index in [2.05, 4.69) is 10.3 Å². The first kappa shape index (κ1) is 24.8. The molecule has 0 unspecified atom stereocenters. The number of benzene rings is 2. The standard InChI is InChI=1S/C26H24ClFN4O5/c1-35-22-7-3-5-17(26(22)36-2)25-18-11-15(27)12-19(28)24(18)31-9-4-6-20(31)21(37-25)8-10-32-16(13-23(33)34)14-29-30-32/h3-7,9,11-12,14,21,25H,8,10,13H2,1-2H3,(H,33,34)/t21-,25-/m1/s1. The molecule has 2 aromatic carbocycles. The van der Waals surface area contributed by atoms with E-state index in [1.54, 1.807) is 34.7 Å². The molecule has 0 saturated heterocycles. The van der Waals surface area contributed by atoms with E-state index >= 15 is 4.39 Å². The zero-order valence-corrected chi connectivity index (χ0v) is 20.9. The Labute approximate surface area is 216 Å². The van der Waals surface area contributed by atoms with Gasteiger partial charge in [-0.3, -0.25) is 4.79 Å². The van der Waals surface area contributed by atoms with E-state index in [0.717, 1.165) is 5.69 Å². The monoisotopic (exact) mass is 526 g/mol. The van der Waals surface area contributed by atoms with Gasteiger partial charge in [0.2, 0.25) is 0 Å². The van der Waals surface area contributed by atoms with Crippen LogP contribution >= 0.6 is 11.6 Å². The number of nitrogens with zero attached hydrogens (tertiary/aromatic N) is 4. The molecule has 3 heterocycles. The third-order valence-electron chi connectivity index (χ3n) is 6.34. The number of methoxy groups -OCH3 is 2. The summed E-state index contributed by atoms with van der Waals surface area (Å²) >= 11 is 6.32. The van der Waals surface area contributed by atoms with Gasteiger partial charge in [0, 0.05) is 28.9 Å². The summed E-state index contributed by atoms with van der Waals surface area (Å²) in [5.41, 5.74) is 2.71. The summed E-state index contributed by atoms with van der Waals surface area (Å²) < 4.78 is 36.7. The van der Waals surface area contributed by atoms with Crippen LogP contribution in [0, 0.1) is 5.82 Å². The number of hydrogen-bond donors (Lipinski definition) is 1. The van der Waals surface area contributed by atoms with Crippen LogP contribution in [0.1, 0.15) is 41.1 Å². The van der Waals surface area contributed by atoms with Crippen LogP contribution in [0.3, 0.4) is 0 Å². The number of carboxylic acid groups (broad SMARTS) is 1. The average molecular weight is 527 g/mol. The first-order valence-corrected chi connectivity index (χ1v) is 11.9. The quantitative estimate of drug-likeness (QED) is 0.353. The minimum absolute atomic E-state index is 0.201. The fraction of sp³-hybridized carbons (Fsp3) is 0.269. The Morgan fingerprint density at radius 3 is 2.78 bits per heavy atom.